The lowest BCUT2D eigenvalue weighted by atomic mass is 10.0. The number of carbonyl (C=O) groups is 4. The summed E-state index contributed by atoms with van der Waals surface area (Å²) >= 11 is 0. The molecule has 0 saturated heterocycles. The number of sulfone groups is 1. The zero-order valence-electron chi connectivity index (χ0n) is 21.8. The largest absolute Gasteiger partial charge is 0.478 e. The van der Waals surface area contributed by atoms with Crippen molar-refractivity contribution in [3.8, 4) is 0 Å². The fourth-order valence-corrected chi connectivity index (χ4v) is 5.43. The van der Waals surface area contributed by atoms with Crippen molar-refractivity contribution in [2.75, 3.05) is 10.6 Å². The van der Waals surface area contributed by atoms with Crippen molar-refractivity contribution in [2.45, 2.75) is 23.6 Å². The number of carboxylic acid groups (broad SMARTS) is 2. The molecular weight excluding hydrogens is 548 g/mol. The average Bonchev–Trinajstić information content (AvgIpc) is 2.93. The number of aryl methyl sites for hydroxylation is 2. The minimum Gasteiger partial charge on any atom is -0.478 e. The summed E-state index contributed by atoms with van der Waals surface area (Å²) in [6.45, 7) is 3.39. The van der Waals surface area contributed by atoms with Crippen LogP contribution in [0.5, 0.6) is 0 Å². The molecule has 4 N–H and O–H groups in total. The number of amides is 2. The molecule has 208 valence electrons. The van der Waals surface area contributed by atoms with E-state index in [9.17, 15) is 37.8 Å². The molecule has 11 heteroatoms. The fraction of sp³-hybridized carbons (Fsp3) is 0.0667. The Labute approximate surface area is 235 Å². The molecule has 0 aromatic heterocycles. The number of benzene rings is 4. The van der Waals surface area contributed by atoms with E-state index < -0.39 is 33.6 Å². The molecule has 4 aromatic carbocycles. The molecule has 0 saturated carbocycles. The third-order valence-corrected chi connectivity index (χ3v) is 7.85. The van der Waals surface area contributed by atoms with E-state index in [0.717, 1.165) is 0 Å². The van der Waals surface area contributed by atoms with Crippen LogP contribution in [0.3, 0.4) is 0 Å². The Morgan fingerprint density at radius 2 is 0.951 bits per heavy atom. The number of nitrogens with one attached hydrogen (secondary N) is 2. The van der Waals surface area contributed by atoms with Gasteiger partial charge in [-0.1, -0.05) is 35.4 Å². The second kappa shape index (κ2) is 11.4. The fourth-order valence-electron chi connectivity index (χ4n) is 4.08. The molecule has 2 amide bonds. The Morgan fingerprint density at radius 1 is 0.561 bits per heavy atom. The van der Waals surface area contributed by atoms with E-state index in [1.54, 1.807) is 26.0 Å². The number of aromatic carboxylic acids is 2. The maximum Gasteiger partial charge on any atom is 0.336 e. The molecule has 0 aliphatic heterocycles. The molecule has 0 atom stereocenters. The number of carboxylic acids is 2. The van der Waals surface area contributed by atoms with Crippen molar-refractivity contribution in [1.29, 1.82) is 0 Å². The van der Waals surface area contributed by atoms with Crippen LogP contribution >= 0.6 is 0 Å². The zero-order valence-corrected chi connectivity index (χ0v) is 22.7. The van der Waals surface area contributed by atoms with Crippen LogP contribution in [-0.4, -0.2) is 42.4 Å². The Bertz CT molecular complexity index is 1700. The quantitative estimate of drug-likeness (QED) is 0.228. The van der Waals surface area contributed by atoms with Gasteiger partial charge in [0.25, 0.3) is 11.8 Å². The summed E-state index contributed by atoms with van der Waals surface area (Å²) in [5, 5.41) is 24.0. The molecule has 0 radical (unpaired) electrons. The second-order valence-corrected chi connectivity index (χ2v) is 11.1. The predicted molar refractivity (Wildman–Crippen MR) is 151 cm³/mol. The Kier molecular flexibility index (Phi) is 8.01. The summed E-state index contributed by atoms with van der Waals surface area (Å²) in [4.78, 5) is 48.5. The van der Waals surface area contributed by atoms with Gasteiger partial charge in [-0.3, -0.25) is 9.59 Å². The lowest BCUT2D eigenvalue weighted by Crippen LogP contribution is -2.17. The normalized spacial score (nSPS) is 11.0. The lowest BCUT2D eigenvalue weighted by molar-refractivity contribution is 0.0683. The third kappa shape index (κ3) is 6.31. The number of hydrogen-bond donors (Lipinski definition) is 4. The molecule has 4 aromatic rings. The lowest BCUT2D eigenvalue weighted by Gasteiger charge is -2.12. The summed E-state index contributed by atoms with van der Waals surface area (Å²) in [5.41, 5.74) is 1.02. The minimum absolute atomic E-state index is 0.0839. The zero-order chi connectivity index (χ0) is 29.9. The van der Waals surface area contributed by atoms with Crippen molar-refractivity contribution in [1.82, 2.24) is 0 Å². The highest BCUT2D eigenvalue weighted by atomic mass is 32.2. The molecule has 0 bridgehead atoms. The molecule has 0 spiro atoms. The maximum atomic E-state index is 13.4. The maximum absolute atomic E-state index is 13.4. The van der Waals surface area contributed by atoms with Gasteiger partial charge in [0.2, 0.25) is 9.84 Å². The Hall–Kier alpha value is -5.29. The highest BCUT2D eigenvalue weighted by Crippen LogP contribution is 2.26. The standard InChI is InChI=1S/C30H24N2O8S/c1-17-9-11-23(25(13-17)29(35)36)27(33)31-19-5-3-7-21(15-19)41(39,40)22-8-4-6-20(16-22)32-28(34)24-12-10-18(2)14-26(24)30(37)38/h3-16H,1-2H3,(H,31,33)(H,32,34)(H,35,36)(H,37,38). The smallest absolute Gasteiger partial charge is 0.336 e. The number of carbonyl (C=O) groups excluding carboxylic acids is 2. The van der Waals surface area contributed by atoms with Crippen LogP contribution in [0, 0.1) is 13.8 Å². The predicted octanol–water partition coefficient (Wildman–Crippen LogP) is 5.04. The van der Waals surface area contributed by atoms with E-state index in [0.29, 0.717) is 11.1 Å². The van der Waals surface area contributed by atoms with E-state index in [1.165, 1.54) is 72.8 Å². The molecule has 0 unspecified atom stereocenters. The van der Waals surface area contributed by atoms with Crippen molar-refractivity contribution < 1.29 is 37.8 Å². The van der Waals surface area contributed by atoms with Gasteiger partial charge >= 0.3 is 11.9 Å². The van der Waals surface area contributed by atoms with Crippen molar-refractivity contribution in [3.63, 3.8) is 0 Å². The van der Waals surface area contributed by atoms with Gasteiger partial charge in [-0.05, 0) is 74.5 Å². The Balaban J connectivity index is 1.59. The summed E-state index contributed by atoms with van der Waals surface area (Å²) in [7, 11) is -4.13. The topological polar surface area (TPSA) is 167 Å². The Morgan fingerprint density at radius 3 is 1.32 bits per heavy atom. The number of anilines is 2. The summed E-state index contributed by atoms with van der Waals surface area (Å²) in [6.07, 6.45) is 0. The molecule has 10 nitrogen and oxygen atoms in total. The van der Waals surface area contributed by atoms with Gasteiger partial charge in [0.15, 0.2) is 0 Å². The van der Waals surface area contributed by atoms with E-state index >= 15 is 0 Å². The molecule has 0 aliphatic rings. The van der Waals surface area contributed by atoms with Gasteiger partial charge in [-0.15, -0.1) is 0 Å². The van der Waals surface area contributed by atoms with Gasteiger partial charge in [0, 0.05) is 11.4 Å². The van der Waals surface area contributed by atoms with E-state index in [1.807, 2.05) is 0 Å². The van der Waals surface area contributed by atoms with Gasteiger partial charge in [0.05, 0.1) is 32.0 Å². The summed E-state index contributed by atoms with van der Waals surface area (Å²) in [6, 6.07) is 19.6. The molecule has 4 rings (SSSR count). The van der Waals surface area contributed by atoms with Crippen LogP contribution in [0.15, 0.2) is 94.7 Å². The molecule has 0 aliphatic carbocycles. The number of hydrogen-bond acceptors (Lipinski definition) is 6. The average molecular weight is 573 g/mol. The minimum atomic E-state index is -4.13. The molecule has 41 heavy (non-hydrogen) atoms. The van der Waals surface area contributed by atoms with Gasteiger partial charge in [-0.25, -0.2) is 18.0 Å². The number of rotatable bonds is 8. The van der Waals surface area contributed by atoms with Crippen LogP contribution in [-0.2, 0) is 9.84 Å². The van der Waals surface area contributed by atoms with Crippen molar-refractivity contribution in [3.05, 3.63) is 118 Å². The van der Waals surface area contributed by atoms with Gasteiger partial charge < -0.3 is 20.8 Å². The first-order valence-corrected chi connectivity index (χ1v) is 13.6. The van der Waals surface area contributed by atoms with Crippen LogP contribution in [0.25, 0.3) is 0 Å². The highest BCUT2D eigenvalue weighted by Gasteiger charge is 2.22. The van der Waals surface area contributed by atoms with Gasteiger partial charge in [0.1, 0.15) is 0 Å². The SMILES string of the molecule is Cc1ccc(C(=O)Nc2cccc(S(=O)(=O)c3cccc(NC(=O)c4ccc(C)cc4C(=O)O)c3)c2)c(C(=O)O)c1. The summed E-state index contributed by atoms with van der Waals surface area (Å²) in [5.74, 6) is -4.00. The van der Waals surface area contributed by atoms with Gasteiger partial charge in [-0.2, -0.15) is 0 Å². The van der Waals surface area contributed by atoms with Crippen molar-refractivity contribution >= 4 is 45.0 Å². The van der Waals surface area contributed by atoms with Crippen molar-refractivity contribution in [2.24, 2.45) is 0 Å². The third-order valence-electron chi connectivity index (χ3n) is 6.10. The van der Waals surface area contributed by atoms with E-state index in [-0.39, 0.29) is 43.4 Å². The van der Waals surface area contributed by atoms with E-state index in [2.05, 4.69) is 10.6 Å². The first-order valence-electron chi connectivity index (χ1n) is 12.1. The molecule has 0 heterocycles. The first kappa shape index (κ1) is 28.7. The van der Waals surface area contributed by atoms with Crippen LogP contribution < -0.4 is 10.6 Å². The van der Waals surface area contributed by atoms with Crippen LogP contribution in [0.2, 0.25) is 0 Å². The monoisotopic (exact) mass is 572 g/mol. The molecule has 0 fully saturated rings. The first-order chi connectivity index (χ1) is 19.4. The van der Waals surface area contributed by atoms with E-state index in [4.69, 9.17) is 0 Å². The second-order valence-electron chi connectivity index (χ2n) is 9.18. The molecular formula is C30H24N2O8S. The van der Waals surface area contributed by atoms with Crippen LogP contribution in [0.1, 0.15) is 52.6 Å². The summed E-state index contributed by atoms with van der Waals surface area (Å²) < 4.78 is 26.9. The van der Waals surface area contributed by atoms with Crippen LogP contribution in [0.4, 0.5) is 11.4 Å². The highest BCUT2D eigenvalue weighted by molar-refractivity contribution is 7.91.